The minimum absolute atomic E-state index is 0.0783. The second-order valence-electron chi connectivity index (χ2n) is 4.85. The summed E-state index contributed by atoms with van der Waals surface area (Å²) in [6, 6.07) is 5.54. The number of aliphatic hydroxyl groups is 1. The van der Waals surface area contributed by atoms with Crippen molar-refractivity contribution in [2.45, 2.75) is 32.9 Å². The summed E-state index contributed by atoms with van der Waals surface area (Å²) in [5.41, 5.74) is 2.48. The van der Waals surface area contributed by atoms with Crippen LogP contribution in [0.4, 0.5) is 5.69 Å². The number of aliphatic hydroxyl groups excluding tert-OH is 1. The highest BCUT2D eigenvalue weighted by atomic mass is 35.5. The number of hydrogen-bond acceptors (Lipinski definition) is 3. The number of nitrogens with one attached hydrogen (secondary N) is 2. The van der Waals surface area contributed by atoms with E-state index in [0.717, 1.165) is 11.3 Å². The zero-order valence-corrected chi connectivity index (χ0v) is 12.3. The quantitative estimate of drug-likeness (QED) is 0.702. The van der Waals surface area contributed by atoms with E-state index < -0.39 is 6.10 Å². The summed E-state index contributed by atoms with van der Waals surface area (Å²) in [6.07, 6.45) is -0.579. The molecular formula is C14H21ClN2O2. The van der Waals surface area contributed by atoms with Gasteiger partial charge < -0.3 is 15.7 Å². The van der Waals surface area contributed by atoms with Crippen molar-refractivity contribution < 1.29 is 9.90 Å². The van der Waals surface area contributed by atoms with Gasteiger partial charge in [-0.25, -0.2) is 0 Å². The summed E-state index contributed by atoms with van der Waals surface area (Å²) in [4.78, 5) is 11.8. The lowest BCUT2D eigenvalue weighted by Crippen LogP contribution is -2.30. The number of hydrogen-bond donors (Lipinski definition) is 3. The topological polar surface area (TPSA) is 61.4 Å². The van der Waals surface area contributed by atoms with Crippen LogP contribution in [0.5, 0.6) is 0 Å². The summed E-state index contributed by atoms with van der Waals surface area (Å²) in [5, 5.41) is 15.3. The van der Waals surface area contributed by atoms with Crippen LogP contribution < -0.4 is 10.6 Å². The minimum atomic E-state index is -0.579. The highest BCUT2D eigenvalue weighted by molar-refractivity contribution is 6.18. The van der Waals surface area contributed by atoms with Crippen LogP contribution in [-0.2, 0) is 0 Å². The van der Waals surface area contributed by atoms with Crippen LogP contribution in [0.3, 0.4) is 0 Å². The molecule has 1 atom stereocenters. The molecule has 3 N–H and O–H groups in total. The van der Waals surface area contributed by atoms with Gasteiger partial charge >= 0.3 is 0 Å². The first-order valence-corrected chi connectivity index (χ1v) is 6.87. The number of carbonyl (C=O) groups is 1. The first-order valence-electron chi connectivity index (χ1n) is 6.33. The Morgan fingerprint density at radius 3 is 2.63 bits per heavy atom. The van der Waals surface area contributed by atoms with Gasteiger partial charge in [0.2, 0.25) is 0 Å². The number of aryl methyl sites for hydroxylation is 1. The third-order valence-electron chi connectivity index (χ3n) is 2.61. The molecule has 106 valence electrons. The Bertz CT molecular complexity index is 435. The lowest BCUT2D eigenvalue weighted by molar-refractivity contribution is 0.0943. The highest BCUT2D eigenvalue weighted by Crippen LogP contribution is 2.16. The third-order valence-corrected chi connectivity index (χ3v) is 2.97. The first kappa shape index (κ1) is 15.8. The Balaban J connectivity index is 2.71. The van der Waals surface area contributed by atoms with Crippen molar-refractivity contribution in [1.29, 1.82) is 0 Å². The molecule has 0 aromatic heterocycles. The van der Waals surface area contributed by atoms with Crippen LogP contribution in [0.1, 0.15) is 29.8 Å². The predicted octanol–water partition coefficient (Wildman–Crippen LogP) is 2.14. The van der Waals surface area contributed by atoms with E-state index in [0.29, 0.717) is 12.1 Å². The largest absolute Gasteiger partial charge is 0.390 e. The molecule has 0 spiro atoms. The van der Waals surface area contributed by atoms with Gasteiger partial charge in [0.25, 0.3) is 5.91 Å². The molecule has 1 aromatic rings. The predicted molar refractivity (Wildman–Crippen MR) is 79.0 cm³/mol. The maximum absolute atomic E-state index is 11.8. The molecule has 0 saturated carbocycles. The van der Waals surface area contributed by atoms with Crippen molar-refractivity contribution in [1.82, 2.24) is 5.32 Å². The van der Waals surface area contributed by atoms with Crippen molar-refractivity contribution in [3.8, 4) is 0 Å². The maximum Gasteiger partial charge on any atom is 0.251 e. The summed E-state index contributed by atoms with van der Waals surface area (Å²) >= 11 is 5.53. The fraction of sp³-hybridized carbons (Fsp3) is 0.500. The van der Waals surface area contributed by atoms with Crippen molar-refractivity contribution >= 4 is 23.2 Å². The van der Waals surface area contributed by atoms with Gasteiger partial charge in [-0.15, -0.1) is 11.6 Å². The van der Waals surface area contributed by atoms with Gasteiger partial charge in [-0.05, 0) is 44.5 Å². The number of alkyl halides is 1. The molecule has 1 unspecified atom stereocenters. The standard InChI is InChI=1S/C14H21ClN2O2/c1-9(2)17-14(19)11-4-5-13(10(3)6-11)16-8-12(18)7-15/h4-6,9,12,16,18H,7-8H2,1-3H3,(H,17,19). The molecule has 1 rings (SSSR count). The average Bonchev–Trinajstić information content (AvgIpc) is 2.35. The van der Waals surface area contributed by atoms with E-state index >= 15 is 0 Å². The third kappa shape index (κ3) is 5.09. The van der Waals surface area contributed by atoms with Gasteiger partial charge in [-0.1, -0.05) is 0 Å². The molecule has 0 aliphatic heterocycles. The van der Waals surface area contributed by atoms with E-state index in [2.05, 4.69) is 10.6 Å². The molecular weight excluding hydrogens is 264 g/mol. The zero-order valence-electron chi connectivity index (χ0n) is 11.5. The van der Waals surface area contributed by atoms with Crippen molar-refractivity contribution in [3.63, 3.8) is 0 Å². The van der Waals surface area contributed by atoms with Crippen LogP contribution in [0, 0.1) is 6.92 Å². The van der Waals surface area contributed by atoms with E-state index in [-0.39, 0.29) is 17.8 Å². The van der Waals surface area contributed by atoms with Crippen molar-refractivity contribution in [2.75, 3.05) is 17.7 Å². The van der Waals surface area contributed by atoms with Gasteiger partial charge in [0.05, 0.1) is 12.0 Å². The van der Waals surface area contributed by atoms with E-state index in [1.807, 2.05) is 32.9 Å². The Labute approximate surface area is 119 Å². The van der Waals surface area contributed by atoms with E-state index in [1.54, 1.807) is 6.07 Å². The number of rotatable bonds is 6. The summed E-state index contributed by atoms with van der Waals surface area (Å²) in [7, 11) is 0. The fourth-order valence-electron chi connectivity index (χ4n) is 1.63. The molecule has 0 heterocycles. The molecule has 0 aliphatic carbocycles. The number of amides is 1. The van der Waals surface area contributed by atoms with Crippen LogP contribution in [0.25, 0.3) is 0 Å². The molecule has 1 aromatic carbocycles. The monoisotopic (exact) mass is 284 g/mol. The number of anilines is 1. The van der Waals surface area contributed by atoms with E-state index in [4.69, 9.17) is 11.6 Å². The number of carbonyl (C=O) groups excluding carboxylic acids is 1. The Hall–Kier alpha value is -1.26. The fourth-order valence-corrected chi connectivity index (χ4v) is 1.74. The first-order chi connectivity index (χ1) is 8.93. The summed E-state index contributed by atoms with van der Waals surface area (Å²) < 4.78 is 0. The molecule has 4 nitrogen and oxygen atoms in total. The average molecular weight is 285 g/mol. The summed E-state index contributed by atoms with van der Waals surface area (Å²) in [6.45, 7) is 6.16. The Kier molecular flexibility index (Phi) is 6.12. The lowest BCUT2D eigenvalue weighted by atomic mass is 10.1. The van der Waals surface area contributed by atoms with Crippen LogP contribution in [0.15, 0.2) is 18.2 Å². The Morgan fingerprint density at radius 2 is 2.11 bits per heavy atom. The zero-order chi connectivity index (χ0) is 14.4. The Morgan fingerprint density at radius 1 is 1.42 bits per heavy atom. The molecule has 0 bridgehead atoms. The van der Waals surface area contributed by atoms with Gasteiger partial charge in [0, 0.05) is 23.8 Å². The van der Waals surface area contributed by atoms with Crippen molar-refractivity contribution in [3.05, 3.63) is 29.3 Å². The molecule has 0 fully saturated rings. The molecule has 0 aliphatic rings. The molecule has 5 heteroatoms. The van der Waals surface area contributed by atoms with E-state index in [1.165, 1.54) is 0 Å². The van der Waals surface area contributed by atoms with Crippen LogP contribution in [-0.4, -0.2) is 35.6 Å². The smallest absolute Gasteiger partial charge is 0.251 e. The van der Waals surface area contributed by atoms with E-state index in [9.17, 15) is 9.90 Å². The number of benzene rings is 1. The van der Waals surface area contributed by atoms with Gasteiger partial charge in [-0.2, -0.15) is 0 Å². The minimum Gasteiger partial charge on any atom is -0.390 e. The maximum atomic E-state index is 11.8. The summed E-state index contributed by atoms with van der Waals surface area (Å²) in [5.74, 6) is 0.117. The van der Waals surface area contributed by atoms with Crippen molar-refractivity contribution in [2.24, 2.45) is 0 Å². The second-order valence-corrected chi connectivity index (χ2v) is 5.16. The van der Waals surface area contributed by atoms with Crippen LogP contribution >= 0.6 is 11.6 Å². The normalized spacial score (nSPS) is 12.3. The molecule has 19 heavy (non-hydrogen) atoms. The lowest BCUT2D eigenvalue weighted by Gasteiger charge is -2.14. The van der Waals surface area contributed by atoms with Gasteiger partial charge in [-0.3, -0.25) is 4.79 Å². The number of halogens is 1. The molecule has 0 saturated heterocycles. The van der Waals surface area contributed by atoms with Gasteiger partial charge in [0.1, 0.15) is 0 Å². The molecule has 1 amide bonds. The highest BCUT2D eigenvalue weighted by Gasteiger charge is 2.09. The molecule has 0 radical (unpaired) electrons. The SMILES string of the molecule is Cc1cc(C(=O)NC(C)C)ccc1NCC(O)CCl. The van der Waals surface area contributed by atoms with Crippen LogP contribution in [0.2, 0.25) is 0 Å². The second kappa shape index (κ2) is 7.36. The van der Waals surface area contributed by atoms with Gasteiger partial charge in [0.15, 0.2) is 0 Å².